The van der Waals surface area contributed by atoms with Crippen LogP contribution in [0.5, 0.6) is 0 Å². The summed E-state index contributed by atoms with van der Waals surface area (Å²) in [6.45, 7) is 0. The molecule has 3 aromatic carbocycles. The molecule has 0 fully saturated rings. The molecule has 2 N–H and O–H groups in total. The van der Waals surface area contributed by atoms with Crippen molar-refractivity contribution >= 4 is 16.9 Å². The normalized spacial score (nSPS) is 10.8. The van der Waals surface area contributed by atoms with Crippen LogP contribution in [0, 0.1) is 0 Å². The highest BCUT2D eigenvalue weighted by atomic mass is 16.4. The smallest absolute Gasteiger partial charge is 0.307 e. The summed E-state index contributed by atoms with van der Waals surface area (Å²) in [5, 5.41) is 9.42. The number of aliphatic carboxylic acids is 1. The quantitative estimate of drug-likeness (QED) is 0.581. The molecule has 0 atom stereocenters. The van der Waals surface area contributed by atoms with Crippen LogP contribution in [-0.2, 0) is 11.2 Å². The fraction of sp³-hybridized carbons (Fsp3) is 0.0455. The maximum Gasteiger partial charge on any atom is 0.307 e. The van der Waals surface area contributed by atoms with Gasteiger partial charge in [0.15, 0.2) is 0 Å². The van der Waals surface area contributed by atoms with Gasteiger partial charge in [-0.15, -0.1) is 0 Å². The summed E-state index contributed by atoms with van der Waals surface area (Å²) in [6.07, 6.45) is 0.0141. The van der Waals surface area contributed by atoms with E-state index in [1.165, 1.54) is 0 Å². The van der Waals surface area contributed by atoms with Gasteiger partial charge in [-0.2, -0.15) is 0 Å². The standard InChI is InChI=1S/C22H16N2O3/c25-20(26)13-14-5-7-15(8-6-14)16-9-11-17(12-10-16)21-23-19-4-2-1-3-18(19)22(27)24-21/h1-12H,13H2,(H,25,26)(H,23,24,27). The van der Waals surface area contributed by atoms with Gasteiger partial charge in [0.05, 0.1) is 17.3 Å². The molecule has 0 spiro atoms. The van der Waals surface area contributed by atoms with Crippen LogP contribution >= 0.6 is 0 Å². The number of benzene rings is 3. The van der Waals surface area contributed by atoms with Gasteiger partial charge in [-0.1, -0.05) is 60.7 Å². The lowest BCUT2D eigenvalue weighted by Gasteiger charge is -2.06. The molecule has 5 nitrogen and oxygen atoms in total. The van der Waals surface area contributed by atoms with Gasteiger partial charge in [0.1, 0.15) is 5.82 Å². The van der Waals surface area contributed by atoms with E-state index in [1.807, 2.05) is 66.7 Å². The molecular formula is C22H16N2O3. The molecule has 1 aromatic heterocycles. The van der Waals surface area contributed by atoms with Crippen molar-refractivity contribution < 1.29 is 9.90 Å². The number of nitrogens with one attached hydrogen (secondary N) is 1. The van der Waals surface area contributed by atoms with Gasteiger partial charge >= 0.3 is 5.97 Å². The Morgan fingerprint density at radius 2 is 1.44 bits per heavy atom. The number of carboxylic acids is 1. The third-order valence-corrected chi connectivity index (χ3v) is 4.41. The number of aromatic nitrogens is 2. The maximum atomic E-state index is 12.2. The Hall–Kier alpha value is -3.73. The third kappa shape index (κ3) is 3.48. The van der Waals surface area contributed by atoms with E-state index in [-0.39, 0.29) is 12.0 Å². The maximum absolute atomic E-state index is 12.2. The molecule has 0 saturated heterocycles. The van der Waals surface area contributed by atoms with Crippen LogP contribution in [0.15, 0.2) is 77.6 Å². The second-order valence-corrected chi connectivity index (χ2v) is 6.28. The molecule has 5 heteroatoms. The van der Waals surface area contributed by atoms with Crippen LogP contribution in [0.4, 0.5) is 0 Å². The van der Waals surface area contributed by atoms with E-state index in [2.05, 4.69) is 9.97 Å². The molecule has 0 aliphatic carbocycles. The van der Waals surface area contributed by atoms with Crippen molar-refractivity contribution in [3.8, 4) is 22.5 Å². The summed E-state index contributed by atoms with van der Waals surface area (Å²) in [6, 6.07) is 22.4. The lowest BCUT2D eigenvalue weighted by atomic mass is 10.0. The number of H-pyrrole nitrogens is 1. The zero-order valence-electron chi connectivity index (χ0n) is 14.3. The Bertz CT molecular complexity index is 1180. The average Bonchev–Trinajstić information content (AvgIpc) is 2.68. The number of carbonyl (C=O) groups is 1. The number of fused-ring (bicyclic) bond motifs is 1. The van der Waals surface area contributed by atoms with E-state index < -0.39 is 5.97 Å². The minimum atomic E-state index is -0.844. The van der Waals surface area contributed by atoms with E-state index in [0.29, 0.717) is 16.7 Å². The Labute approximate surface area is 155 Å². The number of aromatic amines is 1. The fourth-order valence-corrected chi connectivity index (χ4v) is 3.03. The predicted molar refractivity (Wildman–Crippen MR) is 105 cm³/mol. The van der Waals surface area contributed by atoms with Crippen LogP contribution < -0.4 is 5.56 Å². The Balaban J connectivity index is 1.64. The number of carboxylic acid groups (broad SMARTS) is 1. The topological polar surface area (TPSA) is 83.0 Å². The van der Waals surface area contributed by atoms with Crippen LogP contribution in [0.25, 0.3) is 33.4 Å². The van der Waals surface area contributed by atoms with Gasteiger partial charge in [-0.25, -0.2) is 4.98 Å². The highest BCUT2D eigenvalue weighted by Crippen LogP contribution is 2.24. The van der Waals surface area contributed by atoms with Crippen molar-refractivity contribution in [2.45, 2.75) is 6.42 Å². The Morgan fingerprint density at radius 3 is 2.11 bits per heavy atom. The van der Waals surface area contributed by atoms with E-state index >= 15 is 0 Å². The molecule has 0 aliphatic heterocycles. The van der Waals surface area contributed by atoms with Crippen molar-refractivity contribution in [3.63, 3.8) is 0 Å². The lowest BCUT2D eigenvalue weighted by Crippen LogP contribution is -2.09. The number of rotatable bonds is 4. The van der Waals surface area contributed by atoms with Crippen molar-refractivity contribution in [2.75, 3.05) is 0 Å². The molecule has 4 aromatic rings. The molecule has 0 saturated carbocycles. The second-order valence-electron chi connectivity index (χ2n) is 6.28. The number of hydrogen-bond acceptors (Lipinski definition) is 3. The number of nitrogens with zero attached hydrogens (tertiary/aromatic N) is 1. The molecular weight excluding hydrogens is 340 g/mol. The predicted octanol–water partition coefficient (Wildman–Crippen LogP) is 3.88. The first-order valence-electron chi connectivity index (χ1n) is 8.51. The first-order valence-corrected chi connectivity index (χ1v) is 8.51. The van der Waals surface area contributed by atoms with Crippen molar-refractivity contribution in [3.05, 3.63) is 88.7 Å². The summed E-state index contributed by atoms with van der Waals surface area (Å²) < 4.78 is 0. The molecule has 0 bridgehead atoms. The van der Waals surface area contributed by atoms with Gasteiger partial charge in [-0.05, 0) is 28.8 Å². The zero-order chi connectivity index (χ0) is 18.8. The second kappa shape index (κ2) is 6.88. The Kier molecular flexibility index (Phi) is 4.26. The molecule has 0 radical (unpaired) electrons. The van der Waals surface area contributed by atoms with Crippen LogP contribution in [0.1, 0.15) is 5.56 Å². The fourth-order valence-electron chi connectivity index (χ4n) is 3.03. The van der Waals surface area contributed by atoms with E-state index in [0.717, 1.165) is 22.3 Å². The van der Waals surface area contributed by atoms with Crippen LogP contribution in [0.3, 0.4) is 0 Å². The summed E-state index contributed by atoms with van der Waals surface area (Å²) in [5.74, 6) is -0.314. The molecule has 1 heterocycles. The highest BCUT2D eigenvalue weighted by Gasteiger charge is 2.07. The summed E-state index contributed by atoms with van der Waals surface area (Å²) >= 11 is 0. The molecule has 0 amide bonds. The van der Waals surface area contributed by atoms with Gasteiger partial charge in [0, 0.05) is 5.56 Å². The number of hydrogen-bond donors (Lipinski definition) is 2. The van der Waals surface area contributed by atoms with Gasteiger partial charge in [0.25, 0.3) is 5.56 Å². The summed E-state index contributed by atoms with van der Waals surface area (Å²) in [7, 11) is 0. The molecule has 27 heavy (non-hydrogen) atoms. The molecule has 0 unspecified atom stereocenters. The minimum absolute atomic E-state index is 0.0141. The molecule has 132 valence electrons. The summed E-state index contributed by atoms with van der Waals surface area (Å²) in [4.78, 5) is 30.4. The SMILES string of the molecule is O=C(O)Cc1ccc(-c2ccc(-c3nc4ccccc4c(=O)[nH]3)cc2)cc1. The summed E-state index contributed by atoms with van der Waals surface area (Å²) in [5.41, 5.74) is 4.09. The minimum Gasteiger partial charge on any atom is -0.481 e. The van der Waals surface area contributed by atoms with E-state index in [1.54, 1.807) is 6.07 Å². The van der Waals surface area contributed by atoms with Crippen LogP contribution in [-0.4, -0.2) is 21.0 Å². The van der Waals surface area contributed by atoms with E-state index in [9.17, 15) is 9.59 Å². The van der Waals surface area contributed by atoms with Crippen LogP contribution in [0.2, 0.25) is 0 Å². The van der Waals surface area contributed by atoms with E-state index in [4.69, 9.17) is 5.11 Å². The van der Waals surface area contributed by atoms with Gasteiger partial charge in [0.2, 0.25) is 0 Å². The average molecular weight is 356 g/mol. The highest BCUT2D eigenvalue weighted by molar-refractivity contribution is 5.79. The van der Waals surface area contributed by atoms with Crippen molar-refractivity contribution in [2.24, 2.45) is 0 Å². The first-order chi connectivity index (χ1) is 13.1. The molecule has 4 rings (SSSR count). The monoisotopic (exact) mass is 356 g/mol. The lowest BCUT2D eigenvalue weighted by molar-refractivity contribution is -0.136. The largest absolute Gasteiger partial charge is 0.481 e. The third-order valence-electron chi connectivity index (χ3n) is 4.41. The van der Waals surface area contributed by atoms with Gasteiger partial charge in [-0.3, -0.25) is 9.59 Å². The number of para-hydroxylation sites is 1. The molecule has 0 aliphatic rings. The Morgan fingerprint density at radius 1 is 0.852 bits per heavy atom. The van der Waals surface area contributed by atoms with Crippen molar-refractivity contribution in [1.82, 2.24) is 9.97 Å². The van der Waals surface area contributed by atoms with Crippen molar-refractivity contribution in [1.29, 1.82) is 0 Å². The first kappa shape index (κ1) is 16.7. The zero-order valence-corrected chi connectivity index (χ0v) is 14.3. The van der Waals surface area contributed by atoms with Gasteiger partial charge < -0.3 is 10.1 Å².